The van der Waals surface area contributed by atoms with Gasteiger partial charge in [-0.15, -0.1) is 0 Å². The Bertz CT molecular complexity index is 687. The molecule has 120 valence electrons. The zero-order valence-electron chi connectivity index (χ0n) is 13.9. The Morgan fingerprint density at radius 3 is 2.48 bits per heavy atom. The summed E-state index contributed by atoms with van der Waals surface area (Å²) in [6.45, 7) is 7.01. The first-order valence-electron chi connectivity index (χ1n) is 7.77. The molecule has 2 aromatic rings. The van der Waals surface area contributed by atoms with Gasteiger partial charge in [0.1, 0.15) is 12.4 Å². The van der Waals surface area contributed by atoms with Crippen molar-refractivity contribution in [2.24, 2.45) is 0 Å². The van der Waals surface area contributed by atoms with E-state index in [2.05, 4.69) is 11.4 Å². The molecule has 2 rings (SSSR count). The van der Waals surface area contributed by atoms with Gasteiger partial charge in [0.05, 0.1) is 6.54 Å². The summed E-state index contributed by atoms with van der Waals surface area (Å²) in [7, 11) is 0. The van der Waals surface area contributed by atoms with Crippen LogP contribution in [0.3, 0.4) is 0 Å². The minimum Gasteiger partial charge on any atom is -0.491 e. The summed E-state index contributed by atoms with van der Waals surface area (Å²) >= 11 is 0. The highest BCUT2D eigenvalue weighted by Crippen LogP contribution is 2.18. The first-order valence-corrected chi connectivity index (χ1v) is 7.77. The maximum absolute atomic E-state index is 11.8. The Balaban J connectivity index is 1.74. The molecule has 0 saturated carbocycles. The van der Waals surface area contributed by atoms with Crippen molar-refractivity contribution < 1.29 is 9.53 Å². The molecule has 0 bridgehead atoms. The lowest BCUT2D eigenvalue weighted by Crippen LogP contribution is -2.26. The molecule has 0 aliphatic carbocycles. The van der Waals surface area contributed by atoms with Crippen LogP contribution in [-0.4, -0.2) is 19.1 Å². The van der Waals surface area contributed by atoms with Gasteiger partial charge >= 0.3 is 0 Å². The van der Waals surface area contributed by atoms with E-state index in [0.29, 0.717) is 13.2 Å². The van der Waals surface area contributed by atoms with Crippen LogP contribution in [0.4, 0.5) is 0 Å². The highest BCUT2D eigenvalue weighted by Gasteiger charge is 2.00. The lowest BCUT2D eigenvalue weighted by Gasteiger charge is -2.10. The first-order chi connectivity index (χ1) is 11.0. The molecule has 0 atom stereocenters. The van der Waals surface area contributed by atoms with E-state index in [-0.39, 0.29) is 5.91 Å². The van der Waals surface area contributed by atoms with Gasteiger partial charge in [-0.1, -0.05) is 42.0 Å². The molecule has 2 aromatic carbocycles. The Labute approximate surface area is 138 Å². The van der Waals surface area contributed by atoms with Crippen molar-refractivity contribution >= 4 is 12.0 Å². The van der Waals surface area contributed by atoms with Crippen LogP contribution in [0.25, 0.3) is 6.08 Å². The summed E-state index contributed by atoms with van der Waals surface area (Å²) in [6.07, 6.45) is 3.35. The molecule has 0 heterocycles. The Kier molecular flexibility index (Phi) is 5.98. The van der Waals surface area contributed by atoms with Gasteiger partial charge in [0, 0.05) is 6.08 Å². The van der Waals surface area contributed by atoms with E-state index in [1.54, 1.807) is 12.2 Å². The zero-order chi connectivity index (χ0) is 16.7. The van der Waals surface area contributed by atoms with E-state index < -0.39 is 0 Å². The van der Waals surface area contributed by atoms with Crippen LogP contribution in [0.1, 0.15) is 22.3 Å². The molecule has 3 nitrogen and oxygen atoms in total. The maximum Gasteiger partial charge on any atom is 0.244 e. The van der Waals surface area contributed by atoms with Crippen LogP contribution in [0.2, 0.25) is 0 Å². The van der Waals surface area contributed by atoms with E-state index in [1.807, 2.05) is 57.2 Å². The monoisotopic (exact) mass is 309 g/mol. The molecule has 1 amide bonds. The number of amides is 1. The summed E-state index contributed by atoms with van der Waals surface area (Å²) in [5.41, 5.74) is 4.48. The third kappa shape index (κ3) is 5.62. The fraction of sp³-hybridized carbons (Fsp3) is 0.250. The minimum atomic E-state index is -0.116. The van der Waals surface area contributed by atoms with Crippen molar-refractivity contribution in [1.82, 2.24) is 5.32 Å². The predicted octanol–water partition coefficient (Wildman–Crippen LogP) is 3.82. The normalized spacial score (nSPS) is 10.7. The second kappa shape index (κ2) is 8.18. The van der Waals surface area contributed by atoms with Crippen LogP contribution in [0.15, 0.2) is 48.5 Å². The largest absolute Gasteiger partial charge is 0.491 e. The average molecular weight is 309 g/mol. The Morgan fingerprint density at radius 1 is 1.04 bits per heavy atom. The van der Waals surface area contributed by atoms with Crippen LogP contribution < -0.4 is 10.1 Å². The predicted molar refractivity (Wildman–Crippen MR) is 94.6 cm³/mol. The molecule has 0 saturated heterocycles. The molecule has 3 heteroatoms. The average Bonchev–Trinajstić information content (AvgIpc) is 2.54. The summed E-state index contributed by atoms with van der Waals surface area (Å²) in [4.78, 5) is 11.8. The number of carbonyl (C=O) groups excluding carboxylic acids is 1. The van der Waals surface area contributed by atoms with E-state index in [4.69, 9.17) is 4.74 Å². The number of carbonyl (C=O) groups is 1. The third-order valence-electron chi connectivity index (χ3n) is 3.51. The Morgan fingerprint density at radius 2 is 1.74 bits per heavy atom. The molecule has 0 aromatic heterocycles. The molecular weight excluding hydrogens is 286 g/mol. The standard InChI is InChI=1S/C20H23NO2/c1-15-5-8-18(9-6-15)10-11-20(22)21-12-13-23-19-14-16(2)4-7-17(19)3/h4-11,14H,12-13H2,1-3H3,(H,21,22)/b11-10+. The van der Waals surface area contributed by atoms with E-state index >= 15 is 0 Å². The second-order valence-corrected chi connectivity index (χ2v) is 5.65. The number of aryl methyl sites for hydroxylation is 3. The van der Waals surface area contributed by atoms with Crippen LogP contribution in [0, 0.1) is 20.8 Å². The van der Waals surface area contributed by atoms with Crippen molar-refractivity contribution in [2.75, 3.05) is 13.2 Å². The molecule has 0 radical (unpaired) electrons. The highest BCUT2D eigenvalue weighted by molar-refractivity contribution is 5.91. The van der Waals surface area contributed by atoms with Gasteiger partial charge in [-0.2, -0.15) is 0 Å². The van der Waals surface area contributed by atoms with E-state index in [1.165, 1.54) is 5.56 Å². The van der Waals surface area contributed by atoms with Gasteiger partial charge in [0.2, 0.25) is 5.91 Å². The van der Waals surface area contributed by atoms with Gasteiger partial charge < -0.3 is 10.1 Å². The van der Waals surface area contributed by atoms with Crippen LogP contribution in [0.5, 0.6) is 5.75 Å². The number of hydrogen-bond acceptors (Lipinski definition) is 2. The number of nitrogens with one attached hydrogen (secondary N) is 1. The Hall–Kier alpha value is -2.55. The molecule has 23 heavy (non-hydrogen) atoms. The lowest BCUT2D eigenvalue weighted by molar-refractivity contribution is -0.116. The topological polar surface area (TPSA) is 38.3 Å². The molecular formula is C20H23NO2. The molecule has 0 aliphatic heterocycles. The number of hydrogen-bond donors (Lipinski definition) is 1. The summed E-state index contributed by atoms with van der Waals surface area (Å²) in [5, 5.41) is 2.82. The molecule has 0 unspecified atom stereocenters. The van der Waals surface area contributed by atoms with Crippen molar-refractivity contribution in [1.29, 1.82) is 0 Å². The first kappa shape index (κ1) is 16.8. The van der Waals surface area contributed by atoms with E-state index in [0.717, 1.165) is 22.4 Å². The summed E-state index contributed by atoms with van der Waals surface area (Å²) < 4.78 is 5.71. The summed E-state index contributed by atoms with van der Waals surface area (Å²) in [6, 6.07) is 14.1. The van der Waals surface area contributed by atoms with E-state index in [9.17, 15) is 4.79 Å². The van der Waals surface area contributed by atoms with Crippen LogP contribution in [-0.2, 0) is 4.79 Å². The highest BCUT2D eigenvalue weighted by atomic mass is 16.5. The number of benzene rings is 2. The van der Waals surface area contributed by atoms with Gasteiger partial charge in [-0.25, -0.2) is 0 Å². The second-order valence-electron chi connectivity index (χ2n) is 5.65. The number of ether oxygens (including phenoxy) is 1. The van der Waals surface area contributed by atoms with Crippen molar-refractivity contribution in [3.05, 3.63) is 70.8 Å². The fourth-order valence-corrected chi connectivity index (χ4v) is 2.11. The summed E-state index contributed by atoms with van der Waals surface area (Å²) in [5.74, 6) is 0.754. The van der Waals surface area contributed by atoms with Crippen LogP contribution >= 0.6 is 0 Å². The minimum absolute atomic E-state index is 0.116. The lowest BCUT2D eigenvalue weighted by atomic mass is 10.1. The van der Waals surface area contributed by atoms with Gasteiger partial charge in [0.15, 0.2) is 0 Å². The van der Waals surface area contributed by atoms with Gasteiger partial charge in [-0.3, -0.25) is 4.79 Å². The van der Waals surface area contributed by atoms with Crippen molar-refractivity contribution in [2.45, 2.75) is 20.8 Å². The van der Waals surface area contributed by atoms with Crippen molar-refractivity contribution in [3.8, 4) is 5.75 Å². The maximum atomic E-state index is 11.8. The molecule has 0 aliphatic rings. The molecule has 1 N–H and O–H groups in total. The van der Waals surface area contributed by atoms with Gasteiger partial charge in [0.25, 0.3) is 0 Å². The van der Waals surface area contributed by atoms with Gasteiger partial charge in [-0.05, 0) is 49.6 Å². The smallest absolute Gasteiger partial charge is 0.244 e. The molecule has 0 spiro atoms. The third-order valence-corrected chi connectivity index (χ3v) is 3.51. The number of rotatable bonds is 6. The quantitative estimate of drug-likeness (QED) is 0.651. The van der Waals surface area contributed by atoms with Crippen molar-refractivity contribution in [3.63, 3.8) is 0 Å². The SMILES string of the molecule is Cc1ccc(/C=C/C(=O)NCCOc2cc(C)ccc2C)cc1. The zero-order valence-corrected chi connectivity index (χ0v) is 13.9. The molecule has 0 fully saturated rings. The fourth-order valence-electron chi connectivity index (χ4n) is 2.11.